The first-order valence-corrected chi connectivity index (χ1v) is 34.2. The van der Waals surface area contributed by atoms with Crippen molar-refractivity contribution in [2.45, 2.75) is 282 Å². The number of rotatable bonds is 50. The first-order chi connectivity index (χ1) is 38.5. The molecule has 0 fully saturated rings. The predicted octanol–water partition coefficient (Wildman–Crippen LogP) is 16.4. The van der Waals surface area contributed by atoms with E-state index >= 15 is 0 Å². The number of ether oxygens (including phenoxy) is 4. The average molecular weight is 1200 g/mol. The van der Waals surface area contributed by atoms with Crippen LogP contribution in [-0.4, -0.2) is 124 Å². The summed E-state index contributed by atoms with van der Waals surface area (Å²) < 4.78 is 86.5. The van der Waals surface area contributed by atoms with Crippen LogP contribution in [0, 0.1) is 0 Å². The molecule has 14 nitrogen and oxygen atoms in total. The zero-order valence-electron chi connectivity index (χ0n) is 50.7. The molecule has 0 aliphatic heterocycles. The van der Waals surface area contributed by atoms with Gasteiger partial charge in [0, 0.05) is 0 Å². The Labute approximate surface area is 521 Å². The molecule has 2 atom stereocenters. The van der Waals surface area contributed by atoms with Crippen molar-refractivity contribution in [3.05, 3.63) is 70.8 Å². The third kappa shape index (κ3) is 42.8. The molecular weight excluding hydrogens is 1100 g/mol. The number of hydrogen-bond acceptors (Lipinski definition) is 14. The maximum absolute atomic E-state index is 12.5. The van der Waals surface area contributed by atoms with Gasteiger partial charge in [0.1, 0.15) is 33.5 Å². The molecule has 0 aromatic heterocycles. The number of carbonyl (C=O) groups is 4. The van der Waals surface area contributed by atoms with Gasteiger partial charge in [0.25, 0.3) is 0 Å². The van der Waals surface area contributed by atoms with E-state index in [9.17, 15) is 45.1 Å². The Morgan fingerprint density at radius 3 is 0.691 bits per heavy atom. The van der Waals surface area contributed by atoms with Crippen LogP contribution >= 0.6 is 0 Å². The van der Waals surface area contributed by atoms with Crippen LogP contribution in [0.1, 0.15) is 313 Å². The largest absolute Gasteiger partial charge is 2.00 e. The molecule has 0 saturated carbocycles. The minimum absolute atomic E-state index is 0. The van der Waals surface area contributed by atoms with Gasteiger partial charge in [0.05, 0.1) is 46.0 Å². The second kappa shape index (κ2) is 51.8. The van der Waals surface area contributed by atoms with E-state index in [1.807, 2.05) is 0 Å². The molecule has 0 saturated heterocycles. The summed E-state index contributed by atoms with van der Waals surface area (Å²) in [6.45, 7) is 6.25. The van der Waals surface area contributed by atoms with E-state index in [1.165, 1.54) is 230 Å². The smallest absolute Gasteiger partial charge is 0.748 e. The van der Waals surface area contributed by atoms with Gasteiger partial charge >= 0.3 is 61.6 Å². The molecule has 0 aliphatic carbocycles. The van der Waals surface area contributed by atoms with Crippen LogP contribution in [-0.2, 0) is 39.2 Å². The van der Waals surface area contributed by atoms with E-state index in [1.54, 1.807) is 24.3 Å². The summed E-state index contributed by atoms with van der Waals surface area (Å²) in [4.78, 5) is 49.6. The minimum atomic E-state index is -4.56. The van der Waals surface area contributed by atoms with E-state index in [2.05, 4.69) is 13.8 Å². The Balaban J connectivity index is 0.00000156. The third-order valence-corrected chi connectivity index (χ3v) is 16.8. The SMILES string of the molecule is CCCCCCCCCCCCCCCCCCCCCOC(=O)c1ccccc1C(=O)OCC(C)S(=O)(=O)[O-].CCCCCCCCCCCCCCCCCCCCCOC(=O)c1ccccc1C(=O)OCC(C)S(=O)(=O)[O-].[Ca+2]. The van der Waals surface area contributed by atoms with Crippen LogP contribution in [0.15, 0.2) is 48.5 Å². The molecule has 0 radical (unpaired) electrons. The van der Waals surface area contributed by atoms with Gasteiger partial charge in [0.15, 0.2) is 0 Å². The summed E-state index contributed by atoms with van der Waals surface area (Å²) in [5.41, 5.74) is 0.0817. The first-order valence-electron chi connectivity index (χ1n) is 31.3. The van der Waals surface area contributed by atoms with Crippen LogP contribution < -0.4 is 0 Å². The van der Waals surface area contributed by atoms with Gasteiger partial charge in [-0.25, -0.2) is 36.0 Å². The Morgan fingerprint density at radius 1 is 0.333 bits per heavy atom. The Kier molecular flexibility index (Phi) is 50.1. The number of hydrogen-bond donors (Lipinski definition) is 0. The van der Waals surface area contributed by atoms with Gasteiger partial charge < -0.3 is 28.1 Å². The van der Waals surface area contributed by atoms with E-state index in [0.717, 1.165) is 52.4 Å². The number of esters is 4. The molecule has 2 aromatic carbocycles. The van der Waals surface area contributed by atoms with E-state index in [0.29, 0.717) is 0 Å². The zero-order valence-corrected chi connectivity index (χ0v) is 54.6. The molecule has 81 heavy (non-hydrogen) atoms. The fourth-order valence-corrected chi connectivity index (χ4v) is 9.70. The van der Waals surface area contributed by atoms with E-state index in [4.69, 9.17) is 18.9 Å². The molecule has 0 N–H and O–H groups in total. The van der Waals surface area contributed by atoms with Gasteiger partial charge in [0.2, 0.25) is 0 Å². The summed E-state index contributed by atoms with van der Waals surface area (Å²) in [5, 5.41) is -2.74. The van der Waals surface area contributed by atoms with Crippen molar-refractivity contribution in [3.8, 4) is 0 Å². The third-order valence-electron chi connectivity index (χ3n) is 14.6. The molecular formula is C64H106CaO14S2. The minimum Gasteiger partial charge on any atom is -0.748 e. The van der Waals surface area contributed by atoms with Crippen molar-refractivity contribution in [2.75, 3.05) is 26.4 Å². The molecule has 2 unspecified atom stereocenters. The van der Waals surface area contributed by atoms with Crippen molar-refractivity contribution in [1.82, 2.24) is 0 Å². The number of benzene rings is 2. The van der Waals surface area contributed by atoms with E-state index in [-0.39, 0.29) is 73.2 Å². The molecule has 460 valence electrons. The maximum atomic E-state index is 12.5. The number of unbranched alkanes of at least 4 members (excludes halogenated alkanes) is 36. The Bertz CT molecular complexity index is 1980. The topological polar surface area (TPSA) is 220 Å². The van der Waals surface area contributed by atoms with E-state index < -0.39 is 67.8 Å². The summed E-state index contributed by atoms with van der Waals surface area (Å²) in [6, 6.07) is 12.1. The van der Waals surface area contributed by atoms with Gasteiger partial charge in [-0.15, -0.1) is 0 Å². The zero-order chi connectivity index (χ0) is 59.0. The van der Waals surface area contributed by atoms with Crippen molar-refractivity contribution in [1.29, 1.82) is 0 Å². The van der Waals surface area contributed by atoms with Crippen molar-refractivity contribution in [2.24, 2.45) is 0 Å². The van der Waals surface area contributed by atoms with Gasteiger partial charge in [-0.1, -0.05) is 269 Å². The number of carbonyl (C=O) groups excluding carboxylic acids is 4. The average Bonchev–Trinajstić information content (AvgIpc) is 3.44. The Morgan fingerprint density at radius 2 is 0.506 bits per heavy atom. The van der Waals surface area contributed by atoms with Crippen LogP contribution in [0.25, 0.3) is 0 Å². The van der Waals surface area contributed by atoms with Gasteiger partial charge in [-0.3, -0.25) is 0 Å². The predicted molar refractivity (Wildman–Crippen MR) is 325 cm³/mol. The van der Waals surface area contributed by atoms with Gasteiger partial charge in [-0.2, -0.15) is 0 Å². The summed E-state index contributed by atoms with van der Waals surface area (Å²) >= 11 is 0. The van der Waals surface area contributed by atoms with Crippen LogP contribution in [0.4, 0.5) is 0 Å². The van der Waals surface area contributed by atoms with Crippen molar-refractivity contribution < 1.29 is 64.1 Å². The maximum Gasteiger partial charge on any atom is 2.00 e. The molecule has 2 rings (SSSR count). The molecule has 17 heteroatoms. The second-order valence-corrected chi connectivity index (χ2v) is 25.5. The van der Waals surface area contributed by atoms with Crippen LogP contribution in [0.2, 0.25) is 0 Å². The standard InChI is InChI=1S/2C32H54O7S.Ca/c2*1-3-4-5-6-7-8-9-10-11-12-13-14-15-16-17-18-19-20-23-26-38-31(33)29-24-21-22-25-30(29)32(34)39-27-28(2)40(35,36)37;/h2*21-22,24-25,28H,3-20,23,26-27H2,1-2H3,(H,35,36,37);/q;;+2/p-2. The van der Waals surface area contributed by atoms with Crippen molar-refractivity contribution in [3.63, 3.8) is 0 Å². The Hall–Kier alpha value is -2.60. The molecule has 0 amide bonds. The van der Waals surface area contributed by atoms with Crippen LogP contribution in [0.3, 0.4) is 0 Å². The molecule has 0 aliphatic rings. The quantitative estimate of drug-likeness (QED) is 0.0198. The fraction of sp³-hybridized carbons (Fsp3) is 0.750. The fourth-order valence-electron chi connectivity index (χ4n) is 9.23. The normalized spacial score (nSPS) is 12.1. The van der Waals surface area contributed by atoms with Crippen molar-refractivity contribution >= 4 is 81.9 Å². The summed E-state index contributed by atoms with van der Waals surface area (Å²) in [6.07, 6.45) is 49.2. The second-order valence-electron chi connectivity index (χ2n) is 21.9. The molecule has 0 bridgehead atoms. The monoisotopic (exact) mass is 1200 g/mol. The molecule has 2 aromatic rings. The summed E-state index contributed by atoms with van der Waals surface area (Å²) in [5.74, 6) is -2.99. The van der Waals surface area contributed by atoms with Gasteiger partial charge in [-0.05, 0) is 51.0 Å². The molecule has 0 spiro atoms. The summed E-state index contributed by atoms with van der Waals surface area (Å²) in [7, 11) is -9.13. The van der Waals surface area contributed by atoms with Crippen LogP contribution in [0.5, 0.6) is 0 Å². The molecule has 0 heterocycles. The first kappa shape index (κ1) is 78.4.